The van der Waals surface area contributed by atoms with Crippen LogP contribution >= 0.6 is 11.6 Å². The van der Waals surface area contributed by atoms with Crippen LogP contribution < -0.4 is 10.1 Å². The number of esters is 1. The number of rotatable bonds is 9. The molecule has 0 saturated carbocycles. The number of hydrogen-bond donors (Lipinski definition) is 2. The van der Waals surface area contributed by atoms with Crippen molar-refractivity contribution in [3.05, 3.63) is 52.5 Å². The number of nitrogens with zero attached hydrogens (tertiary/aromatic N) is 1. The Morgan fingerprint density at radius 2 is 1.93 bits per heavy atom. The summed E-state index contributed by atoms with van der Waals surface area (Å²) in [7, 11) is 0.543. The van der Waals surface area contributed by atoms with Crippen LogP contribution in [0.2, 0.25) is 5.02 Å². The van der Waals surface area contributed by atoms with E-state index in [0.717, 1.165) is 4.31 Å². The van der Waals surface area contributed by atoms with Crippen molar-refractivity contribution >= 4 is 33.3 Å². The summed E-state index contributed by atoms with van der Waals surface area (Å²) in [6, 6.07) is 9.01. The minimum absolute atomic E-state index is 0.0300. The van der Waals surface area contributed by atoms with Gasteiger partial charge in [-0.05, 0) is 36.4 Å². The number of halogens is 1. The second kappa shape index (κ2) is 9.93. The third-order valence-electron chi connectivity index (χ3n) is 4.02. The zero-order valence-corrected chi connectivity index (χ0v) is 17.9. The zero-order chi connectivity index (χ0) is 21.6. The van der Waals surface area contributed by atoms with E-state index in [1.807, 2.05) is 0 Å². The number of ether oxygens (including phenoxy) is 2. The quantitative estimate of drug-likeness (QED) is 0.574. The van der Waals surface area contributed by atoms with Crippen LogP contribution in [0.3, 0.4) is 0 Å². The van der Waals surface area contributed by atoms with Gasteiger partial charge in [0.1, 0.15) is 12.4 Å². The molecule has 0 aliphatic carbocycles. The van der Waals surface area contributed by atoms with Gasteiger partial charge >= 0.3 is 5.97 Å². The maximum absolute atomic E-state index is 12.7. The maximum atomic E-state index is 12.7. The van der Waals surface area contributed by atoms with Crippen molar-refractivity contribution in [2.75, 3.05) is 39.7 Å². The summed E-state index contributed by atoms with van der Waals surface area (Å²) in [4.78, 5) is 12.7. The monoisotopic (exact) mass is 442 g/mol. The van der Waals surface area contributed by atoms with Gasteiger partial charge in [0.05, 0.1) is 24.2 Å². The number of benzene rings is 2. The fraction of sp³-hybridized carbons (Fsp3) is 0.316. The maximum Gasteiger partial charge on any atom is 0.340 e. The number of nitrogens with one attached hydrogen (secondary N) is 1. The number of aliphatic hydroxyl groups is 1. The Morgan fingerprint density at radius 1 is 1.21 bits per heavy atom. The molecule has 158 valence electrons. The van der Waals surface area contributed by atoms with Crippen LogP contribution in [0.5, 0.6) is 5.75 Å². The van der Waals surface area contributed by atoms with E-state index in [2.05, 4.69) is 5.32 Å². The summed E-state index contributed by atoms with van der Waals surface area (Å²) in [5.74, 6) is -0.229. The lowest BCUT2D eigenvalue weighted by Gasteiger charge is -2.16. The first kappa shape index (κ1) is 23.0. The number of methoxy groups -OCH3 is 1. The van der Waals surface area contributed by atoms with Crippen molar-refractivity contribution in [3.63, 3.8) is 0 Å². The Labute approximate surface area is 175 Å². The van der Waals surface area contributed by atoms with Crippen LogP contribution in [0, 0.1) is 0 Å². The summed E-state index contributed by atoms with van der Waals surface area (Å²) >= 11 is 5.99. The normalized spacial score (nSPS) is 11.4. The second-order valence-electron chi connectivity index (χ2n) is 6.18. The van der Waals surface area contributed by atoms with Crippen molar-refractivity contribution in [2.24, 2.45) is 0 Å². The molecule has 0 aromatic heterocycles. The molecule has 0 atom stereocenters. The molecule has 0 bridgehead atoms. The first-order chi connectivity index (χ1) is 13.7. The molecule has 2 aromatic carbocycles. The molecule has 0 heterocycles. The van der Waals surface area contributed by atoms with Gasteiger partial charge in [-0.15, -0.1) is 0 Å². The highest BCUT2D eigenvalue weighted by molar-refractivity contribution is 7.89. The molecule has 0 aliphatic heterocycles. The van der Waals surface area contributed by atoms with Gasteiger partial charge in [-0.1, -0.05) is 11.6 Å². The predicted molar refractivity (Wildman–Crippen MR) is 110 cm³/mol. The van der Waals surface area contributed by atoms with Crippen LogP contribution in [0.25, 0.3) is 0 Å². The molecule has 10 heteroatoms. The molecule has 8 nitrogen and oxygen atoms in total. The van der Waals surface area contributed by atoms with Gasteiger partial charge in [0.25, 0.3) is 0 Å². The van der Waals surface area contributed by atoms with E-state index in [1.54, 1.807) is 18.2 Å². The molecule has 2 N–H and O–H groups in total. The summed E-state index contributed by atoms with van der Waals surface area (Å²) in [6.07, 6.45) is 0. The van der Waals surface area contributed by atoms with E-state index in [0.29, 0.717) is 22.0 Å². The number of anilines is 1. The number of hydrogen-bond acceptors (Lipinski definition) is 7. The minimum Gasteiger partial charge on any atom is -0.496 e. The van der Waals surface area contributed by atoms with Gasteiger partial charge in [0.2, 0.25) is 10.0 Å². The van der Waals surface area contributed by atoms with Crippen molar-refractivity contribution in [2.45, 2.75) is 11.5 Å². The second-order valence-corrected chi connectivity index (χ2v) is 8.77. The number of carbonyl (C=O) groups is 1. The fourth-order valence-electron chi connectivity index (χ4n) is 2.49. The Balaban J connectivity index is 2.34. The Kier molecular flexibility index (Phi) is 7.86. The molecular formula is C19H23ClN2O6S. The number of carbonyl (C=O) groups excluding carboxylic acids is 1. The Hall–Kier alpha value is -2.33. The van der Waals surface area contributed by atoms with E-state index in [9.17, 15) is 13.2 Å². The minimum atomic E-state index is -3.74. The average molecular weight is 443 g/mol. The van der Waals surface area contributed by atoms with Crippen LogP contribution in [-0.2, 0) is 21.4 Å². The molecule has 0 saturated heterocycles. The lowest BCUT2D eigenvalue weighted by atomic mass is 10.1. The van der Waals surface area contributed by atoms with Crippen molar-refractivity contribution in [1.82, 2.24) is 4.31 Å². The molecule has 2 aromatic rings. The van der Waals surface area contributed by atoms with E-state index < -0.39 is 16.0 Å². The molecule has 0 radical (unpaired) electrons. The summed E-state index contributed by atoms with van der Waals surface area (Å²) in [5, 5.41) is 12.4. The van der Waals surface area contributed by atoms with E-state index >= 15 is 0 Å². The van der Waals surface area contributed by atoms with Crippen LogP contribution in [0.15, 0.2) is 41.3 Å². The van der Waals surface area contributed by atoms with Gasteiger partial charge in [-0.3, -0.25) is 0 Å². The number of sulfonamides is 1. The SMILES string of the molecule is COc1ccc(Cl)cc1COC(=O)c1cc(S(=O)(=O)N(C)C)ccc1NCCO. The lowest BCUT2D eigenvalue weighted by Crippen LogP contribution is -2.23. The Bertz CT molecular complexity index is 979. The lowest BCUT2D eigenvalue weighted by molar-refractivity contribution is 0.0471. The smallest absolute Gasteiger partial charge is 0.340 e. The summed E-state index contributed by atoms with van der Waals surface area (Å²) in [6.45, 7) is -0.0964. The standard InChI is InChI=1S/C19H23ClN2O6S/c1-22(2)29(25,26)15-5-6-17(21-8-9-23)16(11-15)19(24)28-12-13-10-14(20)4-7-18(13)27-3/h4-7,10-11,21,23H,8-9,12H2,1-3H3. The van der Waals surface area contributed by atoms with E-state index in [4.69, 9.17) is 26.2 Å². The third kappa shape index (κ3) is 5.60. The topological polar surface area (TPSA) is 105 Å². The van der Waals surface area contributed by atoms with Gasteiger partial charge in [0, 0.05) is 36.9 Å². The fourth-order valence-corrected chi connectivity index (χ4v) is 3.61. The predicted octanol–water partition coefficient (Wildman–Crippen LogP) is 2.36. The van der Waals surface area contributed by atoms with Gasteiger partial charge in [-0.25, -0.2) is 17.5 Å². The molecule has 0 unspecified atom stereocenters. The van der Waals surface area contributed by atoms with Crippen LogP contribution in [-0.4, -0.2) is 58.2 Å². The van der Waals surface area contributed by atoms with Crippen LogP contribution in [0.4, 0.5) is 5.69 Å². The van der Waals surface area contributed by atoms with E-state index in [-0.39, 0.29) is 30.2 Å². The largest absolute Gasteiger partial charge is 0.496 e. The van der Waals surface area contributed by atoms with Crippen molar-refractivity contribution < 1.29 is 27.8 Å². The third-order valence-corrected chi connectivity index (χ3v) is 6.06. The summed E-state index contributed by atoms with van der Waals surface area (Å²) in [5.41, 5.74) is 0.942. The average Bonchev–Trinajstić information content (AvgIpc) is 2.70. The van der Waals surface area contributed by atoms with Crippen LogP contribution in [0.1, 0.15) is 15.9 Å². The molecule has 0 aliphatic rings. The first-order valence-electron chi connectivity index (χ1n) is 8.61. The van der Waals surface area contributed by atoms with Gasteiger partial charge < -0.3 is 19.9 Å². The van der Waals surface area contributed by atoms with Gasteiger partial charge in [0.15, 0.2) is 0 Å². The molecule has 29 heavy (non-hydrogen) atoms. The van der Waals surface area contributed by atoms with Gasteiger partial charge in [-0.2, -0.15) is 0 Å². The van der Waals surface area contributed by atoms with Crippen molar-refractivity contribution in [1.29, 1.82) is 0 Å². The molecular weight excluding hydrogens is 420 g/mol. The highest BCUT2D eigenvalue weighted by atomic mass is 35.5. The van der Waals surface area contributed by atoms with E-state index in [1.165, 1.54) is 39.4 Å². The number of aliphatic hydroxyl groups excluding tert-OH is 1. The molecule has 0 amide bonds. The first-order valence-corrected chi connectivity index (χ1v) is 10.4. The summed E-state index contributed by atoms with van der Waals surface area (Å²) < 4.78 is 36.5. The Morgan fingerprint density at radius 3 is 2.55 bits per heavy atom. The molecule has 2 rings (SSSR count). The zero-order valence-electron chi connectivity index (χ0n) is 16.3. The molecule has 0 spiro atoms. The highest BCUT2D eigenvalue weighted by Crippen LogP contribution is 2.26. The highest BCUT2D eigenvalue weighted by Gasteiger charge is 2.22. The molecule has 0 fully saturated rings. The van der Waals surface area contributed by atoms with Crippen molar-refractivity contribution in [3.8, 4) is 5.75 Å².